The first-order chi connectivity index (χ1) is 61.9. The molecule has 0 aliphatic rings. The minimum absolute atomic E-state index is 0. The summed E-state index contributed by atoms with van der Waals surface area (Å²) in [6.45, 7) is 14.2. The third kappa shape index (κ3) is 43.5. The number of hydrogen-bond acceptors (Lipinski definition) is 16. The first-order valence-corrected chi connectivity index (χ1v) is 39.3. The van der Waals surface area contributed by atoms with E-state index in [9.17, 15) is 72.3 Å². The van der Waals surface area contributed by atoms with Gasteiger partial charge in [0.15, 0.2) is 28.9 Å². The Labute approximate surface area is 846 Å². The minimum Gasteiger partial charge on any atom is -0.516 e. The number of carbonyl (C=O) groups is 5. The molecule has 0 fully saturated rings. The summed E-state index contributed by atoms with van der Waals surface area (Å²) in [5.41, 5.74) is 6.57. The number of methoxy groups -OCH3 is 1. The number of hydrogen-bond donors (Lipinski definition) is 5. The SMILES string of the molecule is CC(=O)C=C(C)O.CC(=O)C=C(C)O.CC(=O)C=C(C)O.CC(=O)C=C(C)O.CC(=O)C=C(C)O.COc1cc[c-]c(-c2ccc3ccccc3n2)c1.FC(F)(F)c1c[c-]c(-c2ccc3ccccc3n2)cc1.FC(F)(F)c1cc[c-]c(-c2ccc3ccccc3n2)c1.FC(F)(F)c1ccc[c-]c1-c1ccc2ccccc2n1.Fc1c[c-]c(-c2ccc3ccccc3n2)c(F)c1.[Ir].[Ir].[Ir].[Ir].[Ir]. The standard InChI is InChI=1S/3C16H9F3N.C16H12NO.C15H8F2N.5C5H8O2.5Ir/c17-16(18,19)13-7-3-2-6-12(13)15-10-9-11-5-1-4-8-14(11)20-15;17-16(18,19)13-6-3-5-12(10-13)15-9-8-11-4-1-2-7-14(11)20-15;17-16(18,19)13-8-5-12(6-9-13)15-10-7-11-3-1-2-4-14(11)20-15;1-18-14-7-4-6-13(11-14)16-10-9-12-5-2-3-8-15(12)17-16;16-11-6-7-12(13(17)9-11)15-8-5-10-3-1-2-4-14(10)18-15;5*1-4(6)3-5(2)7;;;;;/h1-5,7-10H;1-4,6-10H;1-5,7-10H;2-5,7-11H,1H3;1-6,8-9H;5*3,6H,1-2H3;;;;;/q5*-1;;;;;;;;;;. The monoisotopic (exact) mass is 2760 g/mol. The molecule has 5 aromatic heterocycles. The van der Waals surface area contributed by atoms with E-state index in [2.05, 4.69) is 67.4 Å². The first-order valence-electron chi connectivity index (χ1n) is 39.3. The Bertz CT molecular complexity index is 6430. The van der Waals surface area contributed by atoms with Crippen LogP contribution in [0.3, 0.4) is 0 Å². The number of nitrogens with zero attached hydrogens (tertiary/aromatic N) is 5. The van der Waals surface area contributed by atoms with Crippen molar-refractivity contribution in [2.75, 3.05) is 7.11 Å². The predicted octanol–water partition coefficient (Wildman–Crippen LogP) is 27.0. The van der Waals surface area contributed by atoms with Crippen molar-refractivity contribution in [3.8, 4) is 62.0 Å². The summed E-state index contributed by atoms with van der Waals surface area (Å²) in [6.07, 6.45) is -7.28. The van der Waals surface area contributed by atoms with E-state index >= 15 is 0 Å². The third-order valence-corrected chi connectivity index (χ3v) is 16.7. The number of pyridine rings is 5. The zero-order valence-corrected chi connectivity index (χ0v) is 86.0. The van der Waals surface area contributed by atoms with Crippen molar-refractivity contribution in [3.63, 3.8) is 0 Å². The van der Waals surface area contributed by atoms with Gasteiger partial charge < -0.3 is 30.3 Å². The molecule has 10 aromatic carbocycles. The zero-order chi connectivity index (χ0) is 96.7. The van der Waals surface area contributed by atoms with E-state index in [1.807, 2.05) is 146 Å². The number of alkyl halides is 9. The second kappa shape index (κ2) is 60.1. The first kappa shape index (κ1) is 122. The maximum Gasteiger partial charge on any atom is 0.399 e. The average Bonchev–Trinajstić information content (AvgIpc) is 0.788. The number of benzene rings is 10. The molecule has 0 aliphatic carbocycles. The number of rotatable bonds is 11. The Morgan fingerprint density at radius 2 is 0.618 bits per heavy atom. The van der Waals surface area contributed by atoms with Crippen LogP contribution < -0.4 is 4.74 Å². The number of aliphatic hydroxyl groups is 5. The van der Waals surface area contributed by atoms with Gasteiger partial charge in [-0.1, -0.05) is 163 Å². The molecule has 721 valence electrons. The summed E-state index contributed by atoms with van der Waals surface area (Å²) in [6, 6.07) is 88.2. The van der Waals surface area contributed by atoms with Gasteiger partial charge in [0.1, 0.15) is 0 Å². The van der Waals surface area contributed by atoms with Crippen LogP contribution in [0.15, 0.2) is 326 Å². The second-order valence-corrected chi connectivity index (χ2v) is 28.0. The van der Waals surface area contributed by atoms with Crippen LogP contribution in [0.4, 0.5) is 48.3 Å². The summed E-state index contributed by atoms with van der Waals surface area (Å²) < 4.78 is 146. The van der Waals surface area contributed by atoms with Gasteiger partial charge in [-0.2, -0.15) is 39.5 Å². The van der Waals surface area contributed by atoms with Crippen molar-refractivity contribution in [1.82, 2.24) is 24.9 Å². The Morgan fingerprint density at radius 1 is 0.301 bits per heavy atom. The van der Waals surface area contributed by atoms with Gasteiger partial charge in [-0.15, -0.1) is 131 Å². The van der Waals surface area contributed by atoms with Crippen LogP contribution in [-0.2, 0) is 143 Å². The summed E-state index contributed by atoms with van der Waals surface area (Å²) >= 11 is 0. The summed E-state index contributed by atoms with van der Waals surface area (Å²) in [5, 5.41) is 46.8. The van der Waals surface area contributed by atoms with E-state index in [1.54, 1.807) is 49.6 Å². The largest absolute Gasteiger partial charge is 0.516 e. The smallest absolute Gasteiger partial charge is 0.399 e. The van der Waals surface area contributed by atoms with Gasteiger partial charge in [-0.25, -0.2) is 0 Å². The quantitative estimate of drug-likeness (QED) is 0.0349. The fraction of sp³-hybridized carbons (Fsp3) is 0.135. The Hall–Kier alpha value is -12.4. The topological polar surface area (TPSA) is 260 Å². The van der Waals surface area contributed by atoms with Gasteiger partial charge in [0.2, 0.25) is 0 Å². The molecule has 15 aromatic rings. The van der Waals surface area contributed by atoms with Crippen molar-refractivity contribution in [1.29, 1.82) is 0 Å². The maximum atomic E-state index is 13.6. The molecular weight excluding hydrogens is 2670 g/mol. The molecule has 0 amide bonds. The fourth-order valence-electron chi connectivity index (χ4n) is 11.3. The average molecular weight is 2750 g/mol. The number of allylic oxidation sites excluding steroid dienone is 10. The minimum atomic E-state index is -4.42. The van der Waals surface area contributed by atoms with E-state index in [4.69, 9.17) is 30.3 Å². The van der Waals surface area contributed by atoms with Crippen LogP contribution in [0.2, 0.25) is 0 Å². The van der Waals surface area contributed by atoms with Crippen LogP contribution in [0, 0.1) is 42.0 Å². The number of aromatic nitrogens is 5. The summed E-state index contributed by atoms with van der Waals surface area (Å²) in [5.74, 6) is -0.791. The van der Waals surface area contributed by atoms with Crippen LogP contribution in [0.5, 0.6) is 5.75 Å². The summed E-state index contributed by atoms with van der Waals surface area (Å²) in [7, 11) is 1.66. The maximum absolute atomic E-state index is 13.6. The van der Waals surface area contributed by atoms with Crippen LogP contribution in [-0.4, -0.2) is 86.5 Å². The number of aliphatic hydroxyl groups excluding tert-OH is 5. The van der Waals surface area contributed by atoms with Crippen LogP contribution >= 0.6 is 0 Å². The molecule has 0 saturated heterocycles. The molecule has 0 saturated carbocycles. The summed E-state index contributed by atoms with van der Waals surface area (Å²) in [4.78, 5) is 72.1. The normalized spacial score (nSPS) is 10.9. The fourth-order valence-corrected chi connectivity index (χ4v) is 11.3. The van der Waals surface area contributed by atoms with Crippen LogP contribution in [0.1, 0.15) is 85.9 Å². The third-order valence-electron chi connectivity index (χ3n) is 16.7. The number of halogens is 11. The molecule has 5 N–H and O–H groups in total. The van der Waals surface area contributed by atoms with E-state index in [1.165, 1.54) is 124 Å². The number of fused-ring (bicyclic) bond motifs is 5. The van der Waals surface area contributed by atoms with Crippen LogP contribution in [0.25, 0.3) is 111 Å². The van der Waals surface area contributed by atoms with Crippen molar-refractivity contribution < 1.29 is 203 Å². The molecule has 0 spiro atoms. The molecule has 0 bridgehead atoms. The molecule has 136 heavy (non-hydrogen) atoms. The van der Waals surface area contributed by atoms with Crippen molar-refractivity contribution >= 4 is 83.4 Å². The zero-order valence-electron chi connectivity index (χ0n) is 74.0. The molecule has 5 heterocycles. The molecule has 16 nitrogen and oxygen atoms in total. The van der Waals surface area contributed by atoms with E-state index in [0.717, 1.165) is 108 Å². The van der Waals surface area contributed by atoms with Gasteiger partial charge in [0, 0.05) is 148 Å². The molecule has 0 atom stereocenters. The van der Waals surface area contributed by atoms with Gasteiger partial charge in [0.05, 0.1) is 63.5 Å². The van der Waals surface area contributed by atoms with E-state index in [-0.39, 0.29) is 175 Å². The Balaban J connectivity index is 0.000000776. The van der Waals surface area contributed by atoms with Crippen molar-refractivity contribution in [2.45, 2.75) is 87.8 Å². The molecule has 32 heteroatoms. The number of carbonyl (C=O) groups excluding carboxylic acids is 5. The number of ether oxygens (including phenoxy) is 1. The van der Waals surface area contributed by atoms with Gasteiger partial charge in [-0.3, -0.25) is 57.7 Å². The van der Waals surface area contributed by atoms with Gasteiger partial charge in [0.25, 0.3) is 0 Å². The molecule has 0 unspecified atom stereocenters. The van der Waals surface area contributed by atoms with Gasteiger partial charge >= 0.3 is 18.5 Å². The molecule has 15 rings (SSSR count). The predicted molar refractivity (Wildman–Crippen MR) is 487 cm³/mol. The van der Waals surface area contributed by atoms with E-state index < -0.39 is 46.9 Å². The molecule has 5 radical (unpaired) electrons. The van der Waals surface area contributed by atoms with Crippen molar-refractivity contribution in [3.05, 3.63) is 385 Å². The van der Waals surface area contributed by atoms with E-state index in [0.29, 0.717) is 33.7 Å². The Morgan fingerprint density at radius 3 is 0.919 bits per heavy atom. The molecule has 0 aliphatic heterocycles. The molecular formula is C104H87F11Ir5N5O11-5. The Kier molecular flexibility index (Phi) is 53.8. The van der Waals surface area contributed by atoms with Gasteiger partial charge in [-0.05, 0) is 172 Å². The number of para-hydroxylation sites is 5. The van der Waals surface area contributed by atoms with Crippen molar-refractivity contribution in [2.24, 2.45) is 0 Å². The second-order valence-electron chi connectivity index (χ2n) is 28.0. The number of ketones is 5.